The molecule has 0 aliphatic carbocycles. The van der Waals surface area contributed by atoms with Crippen molar-refractivity contribution in [2.75, 3.05) is 5.32 Å². The van der Waals surface area contributed by atoms with Gasteiger partial charge in [-0.3, -0.25) is 9.36 Å². The minimum Gasteiger partial charge on any atom is -0.310 e. The van der Waals surface area contributed by atoms with Gasteiger partial charge in [0.15, 0.2) is 0 Å². The fourth-order valence-corrected chi connectivity index (χ4v) is 3.73. The Labute approximate surface area is 136 Å². The van der Waals surface area contributed by atoms with Crippen LogP contribution in [0.1, 0.15) is 23.6 Å². The summed E-state index contributed by atoms with van der Waals surface area (Å²) in [5, 5.41) is 7.64. The van der Waals surface area contributed by atoms with Gasteiger partial charge in [0.2, 0.25) is 5.91 Å². The Morgan fingerprint density at radius 3 is 2.95 bits per heavy atom. The van der Waals surface area contributed by atoms with Crippen LogP contribution in [0.15, 0.2) is 47.4 Å². The van der Waals surface area contributed by atoms with Gasteiger partial charge in [-0.1, -0.05) is 23.7 Å². The number of hydrogen-bond donors (Lipinski definition) is 1. The number of imidazole rings is 1. The fourth-order valence-electron chi connectivity index (χ4n) is 2.79. The van der Waals surface area contributed by atoms with Crippen LogP contribution in [0.2, 0.25) is 5.02 Å². The lowest BCUT2D eigenvalue weighted by Crippen LogP contribution is -2.24. The van der Waals surface area contributed by atoms with E-state index in [-0.39, 0.29) is 11.8 Å². The number of nitrogens with one attached hydrogen (secondary N) is 1. The Hall–Kier alpha value is -2.11. The summed E-state index contributed by atoms with van der Waals surface area (Å²) >= 11 is 7.90. The predicted molar refractivity (Wildman–Crippen MR) is 88.0 cm³/mol. The highest BCUT2D eigenvalue weighted by Crippen LogP contribution is 2.38. The van der Waals surface area contributed by atoms with E-state index < -0.39 is 0 Å². The van der Waals surface area contributed by atoms with E-state index in [1.165, 1.54) is 0 Å². The number of benzene rings is 1. The van der Waals surface area contributed by atoms with E-state index in [0.29, 0.717) is 17.3 Å². The van der Waals surface area contributed by atoms with Gasteiger partial charge in [0.25, 0.3) is 0 Å². The first kappa shape index (κ1) is 13.5. The molecule has 1 unspecified atom stereocenters. The standard InChI is InChI=1S/C16H12ClN3OS/c17-12-3-1-2-4-13(12)20-9-18-15-11(10-5-6-22-8-10)7-14(21)19-16(15)20/h1-6,8-9,11H,7H2,(H,19,21). The maximum Gasteiger partial charge on any atom is 0.226 e. The van der Waals surface area contributed by atoms with E-state index in [2.05, 4.69) is 15.7 Å². The van der Waals surface area contributed by atoms with Crippen LogP contribution in [0.3, 0.4) is 0 Å². The van der Waals surface area contributed by atoms with Crippen molar-refractivity contribution in [2.45, 2.75) is 12.3 Å². The minimum absolute atomic E-state index is 0.00117. The molecule has 2 aromatic heterocycles. The Morgan fingerprint density at radius 1 is 1.32 bits per heavy atom. The van der Waals surface area contributed by atoms with Crippen molar-refractivity contribution in [2.24, 2.45) is 0 Å². The van der Waals surface area contributed by atoms with Crippen LogP contribution in [0.25, 0.3) is 5.69 Å². The van der Waals surface area contributed by atoms with Crippen LogP contribution in [-0.4, -0.2) is 15.5 Å². The average molecular weight is 330 g/mol. The van der Waals surface area contributed by atoms with Crippen molar-refractivity contribution in [1.82, 2.24) is 9.55 Å². The van der Waals surface area contributed by atoms with Crippen molar-refractivity contribution < 1.29 is 4.79 Å². The number of rotatable bonds is 2. The molecule has 1 aromatic carbocycles. The molecule has 6 heteroatoms. The molecular formula is C16H12ClN3OS. The van der Waals surface area contributed by atoms with E-state index in [1.807, 2.05) is 40.3 Å². The third-order valence-electron chi connectivity index (χ3n) is 3.83. The van der Waals surface area contributed by atoms with Gasteiger partial charge in [-0.25, -0.2) is 4.98 Å². The molecule has 0 saturated carbocycles. The molecule has 110 valence electrons. The summed E-state index contributed by atoms with van der Waals surface area (Å²) in [6, 6.07) is 9.57. The Kier molecular flexibility index (Phi) is 3.24. The van der Waals surface area contributed by atoms with E-state index in [0.717, 1.165) is 16.9 Å². The molecule has 0 fully saturated rings. The number of para-hydroxylation sites is 1. The molecule has 0 bridgehead atoms. The van der Waals surface area contributed by atoms with E-state index >= 15 is 0 Å². The lowest BCUT2D eigenvalue weighted by molar-refractivity contribution is -0.116. The van der Waals surface area contributed by atoms with Gasteiger partial charge in [-0.05, 0) is 34.5 Å². The molecule has 3 aromatic rings. The molecule has 1 amide bonds. The fraction of sp³-hybridized carbons (Fsp3) is 0.125. The lowest BCUT2D eigenvalue weighted by atomic mass is 9.92. The summed E-state index contributed by atoms with van der Waals surface area (Å²) in [5.41, 5.74) is 2.83. The second kappa shape index (κ2) is 5.26. The third-order valence-corrected chi connectivity index (χ3v) is 4.85. The van der Waals surface area contributed by atoms with E-state index in [1.54, 1.807) is 17.7 Å². The maximum absolute atomic E-state index is 12.1. The second-order valence-corrected chi connectivity index (χ2v) is 6.35. The number of nitrogens with zero attached hydrogens (tertiary/aromatic N) is 2. The number of aromatic nitrogens is 2. The highest BCUT2D eigenvalue weighted by Gasteiger charge is 2.31. The molecule has 0 spiro atoms. The number of amides is 1. The average Bonchev–Trinajstić information content (AvgIpc) is 3.16. The molecule has 1 aliphatic rings. The molecule has 1 N–H and O–H groups in total. The zero-order valence-corrected chi connectivity index (χ0v) is 13.1. The molecular weight excluding hydrogens is 318 g/mol. The van der Waals surface area contributed by atoms with Crippen LogP contribution >= 0.6 is 22.9 Å². The first-order valence-electron chi connectivity index (χ1n) is 6.88. The molecule has 0 radical (unpaired) electrons. The van der Waals surface area contributed by atoms with Gasteiger partial charge in [-0.2, -0.15) is 11.3 Å². The summed E-state index contributed by atoms with van der Waals surface area (Å²) in [6.45, 7) is 0. The van der Waals surface area contributed by atoms with Crippen molar-refractivity contribution in [3.8, 4) is 5.69 Å². The first-order valence-corrected chi connectivity index (χ1v) is 8.20. The van der Waals surface area contributed by atoms with Crippen molar-refractivity contribution >= 4 is 34.7 Å². The van der Waals surface area contributed by atoms with Gasteiger partial charge in [-0.15, -0.1) is 0 Å². The summed E-state index contributed by atoms with van der Waals surface area (Å²) in [6.07, 6.45) is 2.14. The van der Waals surface area contributed by atoms with Gasteiger partial charge in [0.1, 0.15) is 12.1 Å². The van der Waals surface area contributed by atoms with Gasteiger partial charge in [0, 0.05) is 12.3 Å². The zero-order chi connectivity index (χ0) is 15.1. The number of anilines is 1. The van der Waals surface area contributed by atoms with E-state index in [4.69, 9.17) is 11.6 Å². The van der Waals surface area contributed by atoms with Crippen LogP contribution < -0.4 is 5.32 Å². The number of fused-ring (bicyclic) bond motifs is 1. The Bertz CT molecular complexity index is 841. The highest BCUT2D eigenvalue weighted by molar-refractivity contribution is 7.08. The number of halogens is 1. The second-order valence-electron chi connectivity index (χ2n) is 5.16. The van der Waals surface area contributed by atoms with Gasteiger partial charge >= 0.3 is 0 Å². The Morgan fingerprint density at radius 2 is 2.18 bits per heavy atom. The largest absolute Gasteiger partial charge is 0.310 e. The number of thiophene rings is 1. The van der Waals surface area contributed by atoms with Crippen molar-refractivity contribution in [3.63, 3.8) is 0 Å². The van der Waals surface area contributed by atoms with Gasteiger partial charge in [0.05, 0.1) is 16.4 Å². The predicted octanol–water partition coefficient (Wildman–Crippen LogP) is 4.06. The molecule has 1 aliphatic heterocycles. The van der Waals surface area contributed by atoms with Crippen LogP contribution in [0.5, 0.6) is 0 Å². The summed E-state index contributed by atoms with van der Waals surface area (Å²) in [5.74, 6) is 0.705. The molecule has 4 nitrogen and oxygen atoms in total. The SMILES string of the molecule is O=C1CC(c2ccsc2)c2ncn(-c3ccccc3Cl)c2N1. The lowest BCUT2D eigenvalue weighted by Gasteiger charge is -2.22. The normalized spacial score (nSPS) is 17.1. The van der Waals surface area contributed by atoms with Crippen molar-refractivity contribution in [1.29, 1.82) is 0 Å². The first-order chi connectivity index (χ1) is 10.7. The van der Waals surface area contributed by atoms with Gasteiger partial charge < -0.3 is 5.32 Å². The molecule has 22 heavy (non-hydrogen) atoms. The zero-order valence-electron chi connectivity index (χ0n) is 11.5. The highest BCUT2D eigenvalue weighted by atomic mass is 35.5. The maximum atomic E-state index is 12.1. The third kappa shape index (κ3) is 2.14. The summed E-state index contributed by atoms with van der Waals surface area (Å²) in [4.78, 5) is 16.7. The summed E-state index contributed by atoms with van der Waals surface area (Å²) < 4.78 is 1.84. The molecule has 1 atom stereocenters. The molecule has 0 saturated heterocycles. The Balaban J connectivity index is 1.86. The van der Waals surface area contributed by atoms with E-state index in [9.17, 15) is 4.79 Å². The van der Waals surface area contributed by atoms with Crippen molar-refractivity contribution in [3.05, 3.63) is 63.7 Å². The number of hydrogen-bond acceptors (Lipinski definition) is 3. The molecule has 3 heterocycles. The van der Waals surface area contributed by atoms with Crippen LogP contribution in [0.4, 0.5) is 5.82 Å². The van der Waals surface area contributed by atoms with Crippen LogP contribution in [0, 0.1) is 0 Å². The van der Waals surface area contributed by atoms with Crippen LogP contribution in [-0.2, 0) is 4.79 Å². The minimum atomic E-state index is -0.00231. The smallest absolute Gasteiger partial charge is 0.226 e. The number of carbonyl (C=O) groups excluding carboxylic acids is 1. The monoisotopic (exact) mass is 329 g/mol. The quantitative estimate of drug-likeness (QED) is 0.770. The number of carbonyl (C=O) groups is 1. The topological polar surface area (TPSA) is 46.9 Å². The molecule has 4 rings (SSSR count). The summed E-state index contributed by atoms with van der Waals surface area (Å²) in [7, 11) is 0.